The second-order valence-electron chi connectivity index (χ2n) is 4.24. The van der Waals surface area contributed by atoms with E-state index in [4.69, 9.17) is 0 Å². The van der Waals surface area contributed by atoms with Gasteiger partial charge in [-0.05, 0) is 25.0 Å². The maximum absolute atomic E-state index is 3.94. The van der Waals surface area contributed by atoms with Gasteiger partial charge in [0, 0.05) is 6.54 Å². The highest BCUT2D eigenvalue weighted by Gasteiger charge is 2.11. The lowest BCUT2D eigenvalue weighted by Crippen LogP contribution is -2.10. The van der Waals surface area contributed by atoms with E-state index in [-0.39, 0.29) is 0 Å². The molecule has 1 unspecified atom stereocenters. The van der Waals surface area contributed by atoms with E-state index in [1.165, 1.54) is 32.1 Å². The molecule has 0 rings (SSSR count). The zero-order valence-corrected chi connectivity index (χ0v) is 9.55. The Morgan fingerprint density at radius 2 is 1.85 bits per heavy atom. The van der Waals surface area contributed by atoms with E-state index in [0.29, 0.717) is 0 Å². The molecule has 0 aromatic heterocycles. The van der Waals surface area contributed by atoms with E-state index in [1.54, 1.807) is 0 Å². The Bertz CT molecular complexity index is 118. The first-order valence-corrected chi connectivity index (χ1v) is 5.64. The predicted octanol–water partition coefficient (Wildman–Crippen LogP) is 3.93. The Morgan fingerprint density at radius 3 is 2.31 bits per heavy atom. The number of hydrogen-bond acceptors (Lipinski definition) is 1. The smallest absolute Gasteiger partial charge is 0.0384 e. The molecule has 0 aliphatic heterocycles. The van der Waals surface area contributed by atoms with Gasteiger partial charge >= 0.3 is 0 Å². The van der Waals surface area contributed by atoms with E-state index in [9.17, 15) is 0 Å². The van der Waals surface area contributed by atoms with Crippen molar-refractivity contribution in [2.24, 2.45) is 16.8 Å². The summed E-state index contributed by atoms with van der Waals surface area (Å²) in [5.41, 5.74) is 0. The monoisotopic (exact) mass is 183 g/mol. The lowest BCUT2D eigenvalue weighted by atomic mass is 9.87. The van der Waals surface area contributed by atoms with Crippen LogP contribution >= 0.6 is 0 Å². The van der Waals surface area contributed by atoms with Crippen LogP contribution in [0.5, 0.6) is 0 Å². The van der Waals surface area contributed by atoms with E-state index in [2.05, 4.69) is 32.5 Å². The lowest BCUT2D eigenvalue weighted by Gasteiger charge is -2.19. The van der Waals surface area contributed by atoms with Gasteiger partial charge in [-0.2, -0.15) is 0 Å². The molecule has 0 heterocycles. The Morgan fingerprint density at radius 1 is 1.15 bits per heavy atom. The van der Waals surface area contributed by atoms with Gasteiger partial charge in [0.1, 0.15) is 0 Å². The number of aliphatic imine (C=N–C) groups is 1. The van der Waals surface area contributed by atoms with E-state index in [1.807, 2.05) is 0 Å². The SMILES string of the molecule is C=NCCC(CCCCC)C(C)C. The van der Waals surface area contributed by atoms with E-state index < -0.39 is 0 Å². The molecule has 1 heteroatoms. The van der Waals surface area contributed by atoms with Crippen molar-refractivity contribution in [2.75, 3.05) is 6.54 Å². The van der Waals surface area contributed by atoms with Gasteiger partial charge in [0.2, 0.25) is 0 Å². The quantitative estimate of drug-likeness (QED) is 0.399. The van der Waals surface area contributed by atoms with E-state index in [0.717, 1.165) is 18.4 Å². The van der Waals surface area contributed by atoms with Crippen LogP contribution in [0.15, 0.2) is 4.99 Å². The normalized spacial score (nSPS) is 13.2. The summed E-state index contributed by atoms with van der Waals surface area (Å²) in [5.74, 6) is 1.66. The van der Waals surface area contributed by atoms with Gasteiger partial charge in [0.25, 0.3) is 0 Å². The molecular formula is C12H25N. The van der Waals surface area contributed by atoms with Crippen LogP contribution in [0.25, 0.3) is 0 Å². The topological polar surface area (TPSA) is 12.4 Å². The molecule has 0 spiro atoms. The molecule has 1 atom stereocenters. The van der Waals surface area contributed by atoms with Gasteiger partial charge in [-0.1, -0.05) is 46.5 Å². The molecule has 0 radical (unpaired) electrons. The fourth-order valence-electron chi connectivity index (χ4n) is 1.72. The van der Waals surface area contributed by atoms with Gasteiger partial charge in [-0.25, -0.2) is 0 Å². The van der Waals surface area contributed by atoms with Crippen molar-refractivity contribution in [1.82, 2.24) is 0 Å². The molecule has 0 aliphatic carbocycles. The van der Waals surface area contributed by atoms with Crippen LogP contribution in [-0.2, 0) is 0 Å². The van der Waals surface area contributed by atoms with Gasteiger partial charge in [0.05, 0.1) is 0 Å². The summed E-state index contributed by atoms with van der Waals surface area (Å²) >= 11 is 0. The van der Waals surface area contributed by atoms with Crippen LogP contribution in [0.4, 0.5) is 0 Å². The number of unbranched alkanes of at least 4 members (excludes halogenated alkanes) is 2. The zero-order chi connectivity index (χ0) is 10.1. The zero-order valence-electron chi connectivity index (χ0n) is 9.55. The third kappa shape index (κ3) is 6.80. The summed E-state index contributed by atoms with van der Waals surface area (Å²) in [6.07, 6.45) is 6.69. The van der Waals surface area contributed by atoms with Crippen LogP contribution in [0.3, 0.4) is 0 Å². The predicted molar refractivity (Wildman–Crippen MR) is 61.5 cm³/mol. The second-order valence-corrected chi connectivity index (χ2v) is 4.24. The molecule has 0 aromatic carbocycles. The van der Waals surface area contributed by atoms with Crippen LogP contribution in [-0.4, -0.2) is 13.3 Å². The molecule has 0 saturated heterocycles. The summed E-state index contributed by atoms with van der Waals surface area (Å²) in [4.78, 5) is 3.94. The van der Waals surface area contributed by atoms with Crippen molar-refractivity contribution in [3.63, 3.8) is 0 Å². The average Bonchev–Trinajstić information content (AvgIpc) is 2.10. The van der Waals surface area contributed by atoms with Crippen molar-refractivity contribution in [2.45, 2.75) is 52.9 Å². The number of hydrogen-bond donors (Lipinski definition) is 0. The number of nitrogens with zero attached hydrogens (tertiary/aromatic N) is 1. The minimum absolute atomic E-state index is 0.804. The highest BCUT2D eigenvalue weighted by molar-refractivity contribution is 5.23. The lowest BCUT2D eigenvalue weighted by molar-refractivity contribution is 0.330. The first kappa shape index (κ1) is 12.7. The minimum Gasteiger partial charge on any atom is -0.301 e. The van der Waals surface area contributed by atoms with Gasteiger partial charge < -0.3 is 4.99 Å². The first-order valence-electron chi connectivity index (χ1n) is 5.64. The van der Waals surface area contributed by atoms with Crippen molar-refractivity contribution in [3.8, 4) is 0 Å². The van der Waals surface area contributed by atoms with Crippen LogP contribution in [0.1, 0.15) is 52.9 Å². The van der Waals surface area contributed by atoms with Gasteiger partial charge in [0.15, 0.2) is 0 Å². The van der Waals surface area contributed by atoms with Crippen molar-refractivity contribution < 1.29 is 0 Å². The third-order valence-corrected chi connectivity index (χ3v) is 2.78. The summed E-state index contributed by atoms with van der Waals surface area (Å²) in [6, 6.07) is 0. The average molecular weight is 183 g/mol. The highest BCUT2D eigenvalue weighted by Crippen LogP contribution is 2.22. The molecule has 0 bridgehead atoms. The standard InChI is InChI=1S/C12H25N/c1-5-6-7-8-12(11(2)3)9-10-13-4/h11-12H,4-10H2,1-3H3. The number of rotatable bonds is 8. The van der Waals surface area contributed by atoms with Crippen molar-refractivity contribution in [1.29, 1.82) is 0 Å². The summed E-state index contributed by atoms with van der Waals surface area (Å²) in [7, 11) is 0. The first-order chi connectivity index (χ1) is 6.22. The molecule has 0 N–H and O–H groups in total. The Kier molecular flexibility index (Phi) is 8.07. The van der Waals surface area contributed by atoms with Crippen LogP contribution < -0.4 is 0 Å². The largest absolute Gasteiger partial charge is 0.301 e. The molecular weight excluding hydrogens is 158 g/mol. The van der Waals surface area contributed by atoms with Crippen LogP contribution in [0.2, 0.25) is 0 Å². The highest BCUT2D eigenvalue weighted by atomic mass is 14.7. The molecule has 0 saturated carbocycles. The Labute approximate surface area is 83.6 Å². The van der Waals surface area contributed by atoms with Gasteiger partial charge in [-0.3, -0.25) is 0 Å². The molecule has 0 amide bonds. The van der Waals surface area contributed by atoms with Crippen molar-refractivity contribution >= 4 is 6.72 Å². The fourth-order valence-corrected chi connectivity index (χ4v) is 1.72. The van der Waals surface area contributed by atoms with Crippen LogP contribution in [0, 0.1) is 11.8 Å². The summed E-state index contributed by atoms with van der Waals surface area (Å²) in [5, 5.41) is 0. The summed E-state index contributed by atoms with van der Waals surface area (Å²) in [6.45, 7) is 11.4. The molecule has 78 valence electrons. The van der Waals surface area contributed by atoms with Crippen molar-refractivity contribution in [3.05, 3.63) is 0 Å². The van der Waals surface area contributed by atoms with E-state index >= 15 is 0 Å². The molecule has 0 aliphatic rings. The second kappa shape index (κ2) is 8.28. The molecule has 0 aromatic rings. The third-order valence-electron chi connectivity index (χ3n) is 2.78. The maximum Gasteiger partial charge on any atom is 0.0384 e. The molecule has 1 nitrogen and oxygen atoms in total. The Hall–Kier alpha value is -0.330. The summed E-state index contributed by atoms with van der Waals surface area (Å²) < 4.78 is 0. The molecule has 0 fully saturated rings. The fraction of sp³-hybridized carbons (Fsp3) is 0.917. The Balaban J connectivity index is 3.60. The maximum atomic E-state index is 3.94. The minimum atomic E-state index is 0.804. The molecule has 13 heavy (non-hydrogen) atoms. The van der Waals surface area contributed by atoms with Gasteiger partial charge in [-0.15, -0.1) is 0 Å².